The molecule has 3 rings (SSSR count). The van der Waals surface area contributed by atoms with Crippen LogP contribution in [0, 0.1) is 5.82 Å². The van der Waals surface area contributed by atoms with E-state index < -0.39 is 5.41 Å². The molecule has 1 unspecified atom stereocenters. The van der Waals surface area contributed by atoms with Crippen molar-refractivity contribution >= 4 is 11.8 Å². The molecule has 1 atom stereocenters. The van der Waals surface area contributed by atoms with Crippen molar-refractivity contribution in [1.29, 1.82) is 0 Å². The number of carbonyl (C=O) groups excluding carboxylic acids is 2. The first-order valence-electron chi connectivity index (χ1n) is 6.94. The quantitative estimate of drug-likeness (QED) is 0.869. The molecule has 2 aliphatic rings. The molecule has 2 fully saturated rings. The lowest BCUT2D eigenvalue weighted by Crippen LogP contribution is -2.42. The van der Waals surface area contributed by atoms with Gasteiger partial charge in [-0.3, -0.25) is 9.59 Å². The van der Waals surface area contributed by atoms with E-state index in [9.17, 15) is 14.0 Å². The molecule has 1 saturated heterocycles. The van der Waals surface area contributed by atoms with Gasteiger partial charge in [0.2, 0.25) is 11.8 Å². The van der Waals surface area contributed by atoms with Gasteiger partial charge < -0.3 is 10.6 Å². The van der Waals surface area contributed by atoms with Crippen molar-refractivity contribution in [3.8, 4) is 0 Å². The second-order valence-electron chi connectivity index (χ2n) is 5.60. The summed E-state index contributed by atoms with van der Waals surface area (Å²) < 4.78 is 12.9. The summed E-state index contributed by atoms with van der Waals surface area (Å²) in [4.78, 5) is 23.4. The maximum Gasteiger partial charge on any atom is 0.230 e. The van der Waals surface area contributed by atoms with Crippen LogP contribution in [-0.2, 0) is 15.0 Å². The van der Waals surface area contributed by atoms with Crippen molar-refractivity contribution in [3.63, 3.8) is 0 Å². The Morgan fingerprint density at radius 1 is 1.35 bits per heavy atom. The average Bonchev–Trinajstić information content (AvgIpc) is 3.15. The maximum absolute atomic E-state index is 12.9. The van der Waals surface area contributed by atoms with Crippen LogP contribution in [0.15, 0.2) is 24.3 Å². The summed E-state index contributed by atoms with van der Waals surface area (Å²) in [6.45, 7) is 0.466. The van der Waals surface area contributed by atoms with Crippen LogP contribution in [-0.4, -0.2) is 24.4 Å². The van der Waals surface area contributed by atoms with E-state index in [0.717, 1.165) is 24.8 Å². The van der Waals surface area contributed by atoms with Gasteiger partial charge in [0.05, 0.1) is 5.41 Å². The molecule has 20 heavy (non-hydrogen) atoms. The highest BCUT2D eigenvalue weighted by atomic mass is 19.1. The van der Waals surface area contributed by atoms with Gasteiger partial charge in [0.15, 0.2) is 0 Å². The van der Waals surface area contributed by atoms with Crippen LogP contribution in [0.5, 0.6) is 0 Å². The van der Waals surface area contributed by atoms with Gasteiger partial charge in [-0.25, -0.2) is 4.39 Å². The molecule has 0 radical (unpaired) electrons. The Kier molecular flexibility index (Phi) is 3.20. The van der Waals surface area contributed by atoms with Crippen LogP contribution in [0.25, 0.3) is 0 Å². The van der Waals surface area contributed by atoms with Crippen LogP contribution >= 0.6 is 0 Å². The third kappa shape index (κ3) is 2.40. The maximum atomic E-state index is 12.9. The van der Waals surface area contributed by atoms with E-state index in [4.69, 9.17) is 0 Å². The molecule has 1 aromatic rings. The standard InChI is InChI=1S/C15H17FN2O2/c16-11-3-1-10(2-4-11)15(7-8-15)14(20)17-9-12-5-6-13(19)18-12/h1-4,12H,5-9H2,(H,17,20)(H,18,19). The molecule has 1 heterocycles. The molecule has 1 aliphatic carbocycles. The van der Waals surface area contributed by atoms with E-state index in [-0.39, 0.29) is 23.7 Å². The molecule has 1 saturated carbocycles. The van der Waals surface area contributed by atoms with Gasteiger partial charge in [0, 0.05) is 19.0 Å². The number of amides is 2. The Balaban J connectivity index is 1.61. The summed E-state index contributed by atoms with van der Waals surface area (Å²) in [6.07, 6.45) is 2.88. The van der Waals surface area contributed by atoms with E-state index in [0.29, 0.717) is 13.0 Å². The summed E-state index contributed by atoms with van der Waals surface area (Å²) in [5, 5.41) is 5.74. The fourth-order valence-electron chi connectivity index (χ4n) is 2.76. The van der Waals surface area contributed by atoms with Crippen molar-refractivity contribution in [2.75, 3.05) is 6.54 Å². The fourth-order valence-corrected chi connectivity index (χ4v) is 2.76. The van der Waals surface area contributed by atoms with Crippen molar-refractivity contribution in [2.24, 2.45) is 0 Å². The third-order valence-corrected chi connectivity index (χ3v) is 4.18. The molecular weight excluding hydrogens is 259 g/mol. The largest absolute Gasteiger partial charge is 0.353 e. The molecule has 4 nitrogen and oxygen atoms in total. The van der Waals surface area contributed by atoms with Crippen LogP contribution < -0.4 is 10.6 Å². The Hall–Kier alpha value is -1.91. The van der Waals surface area contributed by atoms with E-state index >= 15 is 0 Å². The number of nitrogens with one attached hydrogen (secondary N) is 2. The SMILES string of the molecule is O=C1CCC(CNC(=O)C2(c3ccc(F)cc3)CC2)N1. The molecule has 2 N–H and O–H groups in total. The first kappa shape index (κ1) is 13.1. The number of benzene rings is 1. The van der Waals surface area contributed by atoms with Gasteiger partial charge in [-0.05, 0) is 37.0 Å². The number of carbonyl (C=O) groups is 2. The summed E-state index contributed by atoms with van der Waals surface area (Å²) >= 11 is 0. The minimum Gasteiger partial charge on any atom is -0.353 e. The molecule has 5 heteroatoms. The predicted octanol–water partition coefficient (Wildman–Crippen LogP) is 1.25. The highest BCUT2D eigenvalue weighted by Gasteiger charge is 2.51. The zero-order valence-electron chi connectivity index (χ0n) is 11.1. The van der Waals surface area contributed by atoms with E-state index in [1.165, 1.54) is 12.1 Å². The van der Waals surface area contributed by atoms with E-state index in [1.807, 2.05) is 0 Å². The number of halogens is 1. The summed E-state index contributed by atoms with van der Waals surface area (Å²) in [6, 6.07) is 6.17. The third-order valence-electron chi connectivity index (χ3n) is 4.18. The summed E-state index contributed by atoms with van der Waals surface area (Å²) in [5.74, 6) is -0.271. The van der Waals surface area contributed by atoms with Gasteiger partial charge in [0.25, 0.3) is 0 Å². The van der Waals surface area contributed by atoms with E-state index in [2.05, 4.69) is 10.6 Å². The molecule has 0 bridgehead atoms. The Morgan fingerprint density at radius 2 is 2.05 bits per heavy atom. The molecular formula is C15H17FN2O2. The molecule has 106 valence electrons. The molecule has 0 aromatic heterocycles. The lowest BCUT2D eigenvalue weighted by molar-refractivity contribution is -0.124. The normalized spacial score (nSPS) is 23.2. The van der Waals surface area contributed by atoms with Crippen molar-refractivity contribution < 1.29 is 14.0 Å². The highest BCUT2D eigenvalue weighted by Crippen LogP contribution is 2.48. The molecule has 2 amide bonds. The number of hydrogen-bond acceptors (Lipinski definition) is 2. The second-order valence-corrected chi connectivity index (χ2v) is 5.60. The second kappa shape index (κ2) is 4.89. The number of hydrogen-bond donors (Lipinski definition) is 2. The first-order valence-corrected chi connectivity index (χ1v) is 6.94. The highest BCUT2D eigenvalue weighted by molar-refractivity contribution is 5.91. The van der Waals surface area contributed by atoms with Crippen LogP contribution in [0.1, 0.15) is 31.2 Å². The topological polar surface area (TPSA) is 58.2 Å². The Bertz CT molecular complexity index is 537. The Morgan fingerprint density at radius 3 is 2.60 bits per heavy atom. The lowest BCUT2D eigenvalue weighted by atomic mass is 9.95. The van der Waals surface area contributed by atoms with Gasteiger partial charge in [-0.15, -0.1) is 0 Å². The van der Waals surface area contributed by atoms with Gasteiger partial charge in [-0.2, -0.15) is 0 Å². The summed E-state index contributed by atoms with van der Waals surface area (Å²) in [7, 11) is 0. The minimum atomic E-state index is -0.490. The van der Waals surface area contributed by atoms with Crippen molar-refractivity contribution in [2.45, 2.75) is 37.1 Å². The molecule has 1 aromatic carbocycles. The van der Waals surface area contributed by atoms with Crippen LogP contribution in [0.2, 0.25) is 0 Å². The predicted molar refractivity (Wildman–Crippen MR) is 71.5 cm³/mol. The van der Waals surface area contributed by atoms with Gasteiger partial charge in [-0.1, -0.05) is 12.1 Å². The molecule has 0 spiro atoms. The average molecular weight is 276 g/mol. The van der Waals surface area contributed by atoms with Crippen LogP contribution in [0.3, 0.4) is 0 Å². The van der Waals surface area contributed by atoms with Crippen LogP contribution in [0.4, 0.5) is 4.39 Å². The fraction of sp³-hybridized carbons (Fsp3) is 0.467. The van der Waals surface area contributed by atoms with Gasteiger partial charge >= 0.3 is 0 Å². The smallest absolute Gasteiger partial charge is 0.230 e. The molecule has 1 aliphatic heterocycles. The number of rotatable bonds is 4. The summed E-state index contributed by atoms with van der Waals surface area (Å²) in [5.41, 5.74) is 0.378. The first-order chi connectivity index (χ1) is 9.60. The Labute approximate surface area is 116 Å². The minimum absolute atomic E-state index is 0.0229. The monoisotopic (exact) mass is 276 g/mol. The van der Waals surface area contributed by atoms with Crippen molar-refractivity contribution in [1.82, 2.24) is 10.6 Å². The van der Waals surface area contributed by atoms with Gasteiger partial charge in [0.1, 0.15) is 5.82 Å². The zero-order valence-corrected chi connectivity index (χ0v) is 11.1. The van der Waals surface area contributed by atoms with Crippen molar-refractivity contribution in [3.05, 3.63) is 35.6 Å². The lowest BCUT2D eigenvalue weighted by Gasteiger charge is -2.18. The zero-order chi connectivity index (χ0) is 14.2. The van der Waals surface area contributed by atoms with E-state index in [1.54, 1.807) is 12.1 Å².